The normalized spacial score (nSPS) is 10.4. The number of nitrogens with one attached hydrogen (secondary N) is 1. The van der Waals surface area contributed by atoms with Gasteiger partial charge in [0.05, 0.1) is 5.56 Å². The Bertz CT molecular complexity index is 703. The highest BCUT2D eigenvalue weighted by atomic mass is 16.4. The van der Waals surface area contributed by atoms with E-state index in [0.717, 1.165) is 11.3 Å². The average Bonchev–Trinajstić information content (AvgIpc) is 2.32. The van der Waals surface area contributed by atoms with Crippen LogP contribution in [0, 0.1) is 27.7 Å². The first-order valence-corrected chi connectivity index (χ1v) is 6.38. The molecule has 1 N–H and O–H groups in total. The molecule has 20 heavy (non-hydrogen) atoms. The van der Waals surface area contributed by atoms with E-state index in [2.05, 4.69) is 5.32 Å². The van der Waals surface area contributed by atoms with Gasteiger partial charge in [-0.25, -0.2) is 4.79 Å². The van der Waals surface area contributed by atoms with Gasteiger partial charge in [0.1, 0.15) is 5.76 Å². The van der Waals surface area contributed by atoms with Crippen LogP contribution >= 0.6 is 0 Å². The number of anilines is 1. The zero-order valence-corrected chi connectivity index (χ0v) is 12.0. The van der Waals surface area contributed by atoms with E-state index in [1.54, 1.807) is 13.8 Å². The molecule has 0 atom stereocenters. The van der Waals surface area contributed by atoms with Crippen LogP contribution in [-0.2, 0) is 0 Å². The molecule has 104 valence electrons. The molecule has 0 aliphatic heterocycles. The quantitative estimate of drug-likeness (QED) is 0.912. The molecule has 0 radical (unpaired) electrons. The highest BCUT2D eigenvalue weighted by Crippen LogP contribution is 2.17. The van der Waals surface area contributed by atoms with Gasteiger partial charge in [0.2, 0.25) is 0 Å². The molecule has 4 heteroatoms. The molecule has 2 rings (SSSR count). The van der Waals surface area contributed by atoms with Gasteiger partial charge in [0.15, 0.2) is 0 Å². The first-order valence-electron chi connectivity index (χ1n) is 6.38. The van der Waals surface area contributed by atoms with Crippen LogP contribution in [0.4, 0.5) is 5.69 Å². The summed E-state index contributed by atoms with van der Waals surface area (Å²) in [5, 5.41) is 2.83. The van der Waals surface area contributed by atoms with Gasteiger partial charge >= 0.3 is 5.63 Å². The molecule has 1 aromatic carbocycles. The Morgan fingerprint density at radius 1 is 1.00 bits per heavy atom. The molecule has 0 aliphatic rings. The Hall–Kier alpha value is -2.36. The minimum Gasteiger partial charge on any atom is -0.427 e. The van der Waals surface area contributed by atoms with Gasteiger partial charge in [-0.2, -0.15) is 0 Å². The Balaban J connectivity index is 2.33. The second-order valence-corrected chi connectivity index (χ2v) is 4.93. The van der Waals surface area contributed by atoms with Gasteiger partial charge < -0.3 is 9.73 Å². The zero-order valence-electron chi connectivity index (χ0n) is 12.0. The number of aryl methyl sites for hydroxylation is 4. The standard InChI is InChI=1S/C16H17NO3/c1-9-5-6-13(7-10(9)2)17-16(19)15-11(3)8-14(18)20-12(15)4/h5-8H,1-4H3,(H,17,19). The van der Waals surface area contributed by atoms with E-state index in [-0.39, 0.29) is 5.91 Å². The van der Waals surface area contributed by atoms with E-state index < -0.39 is 5.63 Å². The number of carbonyl (C=O) groups excluding carboxylic acids is 1. The fourth-order valence-corrected chi connectivity index (χ4v) is 2.11. The van der Waals surface area contributed by atoms with Crippen LogP contribution in [0.2, 0.25) is 0 Å². The second kappa shape index (κ2) is 5.33. The van der Waals surface area contributed by atoms with Crippen LogP contribution in [0.15, 0.2) is 33.5 Å². The molecule has 4 nitrogen and oxygen atoms in total. The molecule has 2 aromatic rings. The lowest BCUT2D eigenvalue weighted by molar-refractivity contribution is 0.102. The molecule has 0 saturated heterocycles. The molecule has 0 spiro atoms. The Morgan fingerprint density at radius 3 is 2.30 bits per heavy atom. The molecule has 1 heterocycles. The van der Waals surface area contributed by atoms with Gasteiger partial charge in [-0.3, -0.25) is 4.79 Å². The van der Waals surface area contributed by atoms with E-state index in [9.17, 15) is 9.59 Å². The van der Waals surface area contributed by atoms with Crippen LogP contribution in [0.1, 0.15) is 32.8 Å². The summed E-state index contributed by atoms with van der Waals surface area (Å²) in [6, 6.07) is 7.04. The van der Waals surface area contributed by atoms with Crippen molar-refractivity contribution in [2.24, 2.45) is 0 Å². The van der Waals surface area contributed by atoms with E-state index in [4.69, 9.17) is 4.42 Å². The van der Waals surface area contributed by atoms with Crippen molar-refractivity contribution < 1.29 is 9.21 Å². The molecule has 1 aromatic heterocycles. The lowest BCUT2D eigenvalue weighted by atomic mass is 10.1. The SMILES string of the molecule is Cc1ccc(NC(=O)c2c(C)cc(=O)oc2C)cc1C. The predicted molar refractivity (Wildman–Crippen MR) is 78.3 cm³/mol. The summed E-state index contributed by atoms with van der Waals surface area (Å²) >= 11 is 0. The van der Waals surface area contributed by atoms with Gasteiger partial charge in [0.25, 0.3) is 5.91 Å². The van der Waals surface area contributed by atoms with Gasteiger partial charge in [-0.15, -0.1) is 0 Å². The maximum atomic E-state index is 12.3. The van der Waals surface area contributed by atoms with Crippen molar-refractivity contribution in [3.05, 3.63) is 62.7 Å². The van der Waals surface area contributed by atoms with Crippen molar-refractivity contribution in [2.75, 3.05) is 5.32 Å². The fourth-order valence-electron chi connectivity index (χ4n) is 2.11. The van der Waals surface area contributed by atoms with Crippen LogP contribution in [0.3, 0.4) is 0 Å². The van der Waals surface area contributed by atoms with Gasteiger partial charge in [0, 0.05) is 11.8 Å². The van der Waals surface area contributed by atoms with Gasteiger partial charge in [-0.05, 0) is 56.5 Å². The number of hydrogen-bond acceptors (Lipinski definition) is 3. The molecule has 0 bridgehead atoms. The molecular weight excluding hydrogens is 254 g/mol. The van der Waals surface area contributed by atoms with Gasteiger partial charge in [-0.1, -0.05) is 6.07 Å². The third-order valence-electron chi connectivity index (χ3n) is 3.33. The van der Waals surface area contributed by atoms with E-state index in [0.29, 0.717) is 16.9 Å². The first kappa shape index (κ1) is 14.1. The summed E-state index contributed by atoms with van der Waals surface area (Å²) in [6.45, 7) is 7.34. The molecule has 0 saturated carbocycles. The smallest absolute Gasteiger partial charge is 0.336 e. The summed E-state index contributed by atoms with van der Waals surface area (Å²) in [5.74, 6) is 0.0586. The number of amides is 1. The number of benzene rings is 1. The second-order valence-electron chi connectivity index (χ2n) is 4.93. The van der Waals surface area contributed by atoms with Crippen molar-refractivity contribution in [1.29, 1.82) is 0 Å². The Kier molecular flexibility index (Phi) is 3.74. The summed E-state index contributed by atoms with van der Waals surface area (Å²) in [5.41, 5.74) is 3.57. The molecular formula is C16H17NO3. The maximum Gasteiger partial charge on any atom is 0.336 e. The highest BCUT2D eigenvalue weighted by Gasteiger charge is 2.15. The van der Waals surface area contributed by atoms with Crippen molar-refractivity contribution in [3.63, 3.8) is 0 Å². The van der Waals surface area contributed by atoms with E-state index in [1.807, 2.05) is 32.0 Å². The topological polar surface area (TPSA) is 59.3 Å². The zero-order chi connectivity index (χ0) is 14.9. The first-order chi connectivity index (χ1) is 9.38. The fraction of sp³-hybridized carbons (Fsp3) is 0.250. The monoisotopic (exact) mass is 271 g/mol. The third-order valence-corrected chi connectivity index (χ3v) is 3.33. The summed E-state index contributed by atoms with van der Waals surface area (Å²) in [7, 11) is 0. The summed E-state index contributed by atoms with van der Waals surface area (Å²) < 4.78 is 4.97. The molecule has 0 fully saturated rings. The Morgan fingerprint density at radius 2 is 1.70 bits per heavy atom. The minimum absolute atomic E-state index is 0.271. The number of hydrogen-bond donors (Lipinski definition) is 1. The number of rotatable bonds is 2. The van der Waals surface area contributed by atoms with Crippen molar-refractivity contribution in [3.8, 4) is 0 Å². The summed E-state index contributed by atoms with van der Waals surface area (Å²) in [4.78, 5) is 23.5. The Labute approximate surface area is 117 Å². The minimum atomic E-state index is -0.442. The van der Waals surface area contributed by atoms with E-state index >= 15 is 0 Å². The molecule has 1 amide bonds. The maximum absolute atomic E-state index is 12.3. The number of carbonyl (C=O) groups is 1. The van der Waals surface area contributed by atoms with Crippen molar-refractivity contribution >= 4 is 11.6 Å². The van der Waals surface area contributed by atoms with Crippen molar-refractivity contribution in [2.45, 2.75) is 27.7 Å². The highest BCUT2D eigenvalue weighted by molar-refractivity contribution is 6.05. The van der Waals surface area contributed by atoms with Crippen LogP contribution < -0.4 is 10.9 Å². The van der Waals surface area contributed by atoms with Crippen LogP contribution in [0.25, 0.3) is 0 Å². The summed E-state index contributed by atoms with van der Waals surface area (Å²) in [6.07, 6.45) is 0. The lowest BCUT2D eigenvalue weighted by Crippen LogP contribution is -2.17. The lowest BCUT2D eigenvalue weighted by Gasteiger charge is -2.10. The van der Waals surface area contributed by atoms with Crippen LogP contribution in [-0.4, -0.2) is 5.91 Å². The third kappa shape index (κ3) is 2.79. The molecule has 0 unspecified atom stereocenters. The van der Waals surface area contributed by atoms with Crippen LogP contribution in [0.5, 0.6) is 0 Å². The predicted octanol–water partition coefficient (Wildman–Crippen LogP) is 3.13. The largest absolute Gasteiger partial charge is 0.427 e. The van der Waals surface area contributed by atoms with Crippen molar-refractivity contribution in [1.82, 2.24) is 0 Å². The molecule has 0 aliphatic carbocycles. The average molecular weight is 271 g/mol. The van der Waals surface area contributed by atoms with E-state index in [1.165, 1.54) is 11.6 Å².